The van der Waals surface area contributed by atoms with Crippen molar-refractivity contribution in [2.24, 2.45) is 11.8 Å². The maximum Gasteiger partial charge on any atom is 0.272 e. The minimum Gasteiger partial charge on any atom is -0.385 e. The van der Waals surface area contributed by atoms with Crippen molar-refractivity contribution < 1.29 is 4.79 Å². The molecule has 104 valence electrons. The third-order valence-corrected chi connectivity index (χ3v) is 3.61. The van der Waals surface area contributed by atoms with E-state index < -0.39 is 0 Å². The van der Waals surface area contributed by atoms with Crippen LogP contribution in [0.2, 0.25) is 0 Å². The molecule has 5 nitrogen and oxygen atoms in total. The highest BCUT2D eigenvalue weighted by Crippen LogP contribution is 2.36. The van der Waals surface area contributed by atoms with Crippen molar-refractivity contribution >= 4 is 11.6 Å². The Kier molecular flexibility index (Phi) is 4.02. The minimum absolute atomic E-state index is 0.118. The summed E-state index contributed by atoms with van der Waals surface area (Å²) in [7, 11) is 1.77. The lowest BCUT2D eigenvalue weighted by Crippen LogP contribution is -2.28. The van der Waals surface area contributed by atoms with Crippen LogP contribution in [0.4, 0.5) is 5.69 Å². The Morgan fingerprint density at radius 1 is 1.53 bits per heavy atom. The third-order valence-electron chi connectivity index (χ3n) is 3.61. The van der Waals surface area contributed by atoms with Gasteiger partial charge in [-0.25, -0.2) is 9.97 Å². The number of nitrogens with one attached hydrogen (secondary N) is 2. The molecule has 1 aromatic rings. The van der Waals surface area contributed by atoms with E-state index in [1.165, 1.54) is 6.42 Å². The van der Waals surface area contributed by atoms with Gasteiger partial charge in [-0.15, -0.1) is 0 Å². The van der Waals surface area contributed by atoms with Crippen LogP contribution in [-0.4, -0.2) is 29.5 Å². The molecule has 1 aliphatic rings. The summed E-state index contributed by atoms with van der Waals surface area (Å²) >= 11 is 0. The van der Waals surface area contributed by atoms with Gasteiger partial charge in [0.15, 0.2) is 5.69 Å². The summed E-state index contributed by atoms with van der Waals surface area (Å²) < 4.78 is 0. The van der Waals surface area contributed by atoms with Crippen molar-refractivity contribution in [2.75, 3.05) is 18.9 Å². The molecule has 0 aromatic carbocycles. The fourth-order valence-corrected chi connectivity index (χ4v) is 2.02. The second-order valence-corrected chi connectivity index (χ2v) is 5.58. The summed E-state index contributed by atoms with van der Waals surface area (Å²) in [6, 6.07) is 0. The molecular weight excluding hydrogens is 240 g/mol. The van der Waals surface area contributed by atoms with Crippen molar-refractivity contribution in [3.05, 3.63) is 17.7 Å². The molecule has 2 N–H and O–H groups in total. The lowest BCUT2D eigenvalue weighted by atomic mass is 10.2. The van der Waals surface area contributed by atoms with Gasteiger partial charge in [0.05, 0.1) is 11.9 Å². The number of hydrogen-bond acceptors (Lipinski definition) is 4. The van der Waals surface area contributed by atoms with Crippen molar-refractivity contribution in [3.63, 3.8) is 0 Å². The molecule has 1 saturated carbocycles. The second-order valence-electron chi connectivity index (χ2n) is 5.58. The molecule has 1 heterocycles. The zero-order valence-corrected chi connectivity index (χ0v) is 12.0. The number of amides is 1. The van der Waals surface area contributed by atoms with Crippen LogP contribution in [0.3, 0.4) is 0 Å². The van der Waals surface area contributed by atoms with Crippen LogP contribution >= 0.6 is 0 Å². The van der Waals surface area contributed by atoms with Crippen LogP contribution < -0.4 is 10.6 Å². The largest absolute Gasteiger partial charge is 0.385 e. The molecule has 1 aliphatic carbocycles. The first kappa shape index (κ1) is 13.8. The van der Waals surface area contributed by atoms with E-state index in [0.29, 0.717) is 23.1 Å². The second kappa shape index (κ2) is 5.55. The lowest BCUT2D eigenvalue weighted by molar-refractivity contribution is 0.0946. The number of carbonyl (C=O) groups is 1. The van der Waals surface area contributed by atoms with E-state index in [0.717, 1.165) is 12.5 Å². The van der Waals surface area contributed by atoms with E-state index in [-0.39, 0.29) is 11.8 Å². The smallest absolute Gasteiger partial charge is 0.272 e. The van der Waals surface area contributed by atoms with Gasteiger partial charge in [0, 0.05) is 19.5 Å². The van der Waals surface area contributed by atoms with Gasteiger partial charge >= 0.3 is 0 Å². The SMILES string of the molecule is CNc1cnc(C(C)C)nc1C(=O)NCC1CC1C. The van der Waals surface area contributed by atoms with Gasteiger partial charge in [-0.3, -0.25) is 4.79 Å². The van der Waals surface area contributed by atoms with Crippen molar-refractivity contribution in [2.45, 2.75) is 33.1 Å². The topological polar surface area (TPSA) is 66.9 Å². The van der Waals surface area contributed by atoms with Gasteiger partial charge in [-0.2, -0.15) is 0 Å². The Bertz CT molecular complexity index is 473. The molecule has 1 aromatic heterocycles. The molecule has 0 spiro atoms. The zero-order chi connectivity index (χ0) is 14.0. The molecule has 5 heteroatoms. The van der Waals surface area contributed by atoms with E-state index in [2.05, 4.69) is 27.5 Å². The average Bonchev–Trinajstić information content (AvgIpc) is 3.11. The Morgan fingerprint density at radius 2 is 2.21 bits per heavy atom. The van der Waals surface area contributed by atoms with Crippen LogP contribution in [0.5, 0.6) is 0 Å². The van der Waals surface area contributed by atoms with E-state index in [1.807, 2.05) is 13.8 Å². The van der Waals surface area contributed by atoms with Gasteiger partial charge in [0.25, 0.3) is 5.91 Å². The Morgan fingerprint density at radius 3 is 2.74 bits per heavy atom. The molecule has 2 rings (SSSR count). The number of anilines is 1. The van der Waals surface area contributed by atoms with Gasteiger partial charge in [0.2, 0.25) is 0 Å². The van der Waals surface area contributed by atoms with Crippen LogP contribution in [-0.2, 0) is 0 Å². The quantitative estimate of drug-likeness (QED) is 0.852. The molecule has 2 atom stereocenters. The predicted molar refractivity (Wildman–Crippen MR) is 75.3 cm³/mol. The van der Waals surface area contributed by atoms with Gasteiger partial charge in [0.1, 0.15) is 5.82 Å². The first-order chi connectivity index (χ1) is 9.02. The molecule has 1 amide bonds. The summed E-state index contributed by atoms with van der Waals surface area (Å²) in [5, 5.41) is 5.93. The molecule has 1 fully saturated rings. The maximum atomic E-state index is 12.2. The number of aromatic nitrogens is 2. The molecule has 0 saturated heterocycles. The van der Waals surface area contributed by atoms with E-state index in [4.69, 9.17) is 0 Å². The molecule has 0 bridgehead atoms. The van der Waals surface area contributed by atoms with Crippen LogP contribution in [0.1, 0.15) is 49.4 Å². The number of nitrogens with zero attached hydrogens (tertiary/aromatic N) is 2. The first-order valence-electron chi connectivity index (χ1n) is 6.85. The maximum absolute atomic E-state index is 12.2. The highest BCUT2D eigenvalue weighted by molar-refractivity contribution is 5.97. The lowest BCUT2D eigenvalue weighted by Gasteiger charge is -2.11. The predicted octanol–water partition coefficient (Wildman–Crippen LogP) is 2.03. The standard InChI is InChI=1S/C14H22N4O/c1-8(2)13-16-7-11(15-4)12(18-13)14(19)17-6-10-5-9(10)3/h7-10,15H,5-6H2,1-4H3,(H,17,19). The summed E-state index contributed by atoms with van der Waals surface area (Å²) in [5.74, 6) is 2.16. The van der Waals surface area contributed by atoms with Gasteiger partial charge in [-0.05, 0) is 18.3 Å². The number of carbonyl (C=O) groups excluding carboxylic acids is 1. The first-order valence-corrected chi connectivity index (χ1v) is 6.85. The molecule has 2 unspecified atom stereocenters. The Labute approximate surface area is 114 Å². The summed E-state index contributed by atoms with van der Waals surface area (Å²) in [5.41, 5.74) is 1.11. The Balaban J connectivity index is 2.11. The Hall–Kier alpha value is -1.65. The average molecular weight is 262 g/mol. The van der Waals surface area contributed by atoms with Crippen molar-refractivity contribution in [3.8, 4) is 0 Å². The molecule has 0 radical (unpaired) electrons. The number of rotatable bonds is 5. The highest BCUT2D eigenvalue weighted by atomic mass is 16.1. The van der Waals surface area contributed by atoms with E-state index >= 15 is 0 Å². The van der Waals surface area contributed by atoms with Crippen molar-refractivity contribution in [1.29, 1.82) is 0 Å². The van der Waals surface area contributed by atoms with E-state index in [1.54, 1.807) is 13.2 Å². The van der Waals surface area contributed by atoms with Crippen molar-refractivity contribution in [1.82, 2.24) is 15.3 Å². The molecule has 19 heavy (non-hydrogen) atoms. The normalized spacial score (nSPS) is 21.3. The minimum atomic E-state index is -0.118. The molecular formula is C14H22N4O. The monoisotopic (exact) mass is 262 g/mol. The van der Waals surface area contributed by atoms with E-state index in [9.17, 15) is 4.79 Å². The fourth-order valence-electron chi connectivity index (χ4n) is 2.02. The summed E-state index contributed by atoms with van der Waals surface area (Å²) in [4.78, 5) is 20.8. The molecule has 0 aliphatic heterocycles. The van der Waals surface area contributed by atoms with Gasteiger partial charge in [-0.1, -0.05) is 20.8 Å². The third kappa shape index (κ3) is 3.22. The summed E-state index contributed by atoms with van der Waals surface area (Å²) in [6.45, 7) is 6.98. The van der Waals surface area contributed by atoms with Crippen LogP contribution in [0.25, 0.3) is 0 Å². The van der Waals surface area contributed by atoms with Crippen LogP contribution in [0.15, 0.2) is 6.20 Å². The van der Waals surface area contributed by atoms with Crippen LogP contribution in [0, 0.1) is 11.8 Å². The fraction of sp³-hybridized carbons (Fsp3) is 0.643. The summed E-state index contributed by atoms with van der Waals surface area (Å²) in [6.07, 6.45) is 2.89. The number of hydrogen-bond donors (Lipinski definition) is 2. The highest BCUT2D eigenvalue weighted by Gasteiger charge is 2.32. The van der Waals surface area contributed by atoms with Gasteiger partial charge < -0.3 is 10.6 Å². The zero-order valence-electron chi connectivity index (χ0n) is 12.0.